The van der Waals surface area contributed by atoms with E-state index in [9.17, 15) is 9.59 Å². The molecule has 2 aromatic carbocycles. The Bertz CT molecular complexity index is 1080. The Labute approximate surface area is 214 Å². The first kappa shape index (κ1) is 28.2. The molecule has 0 aromatic heterocycles. The minimum Gasteiger partial charge on any atom is -0.492 e. The zero-order valence-corrected chi connectivity index (χ0v) is 21.8. The Hall–Kier alpha value is -3.04. The summed E-state index contributed by atoms with van der Waals surface area (Å²) in [4.78, 5) is 25.4. The number of amides is 1. The van der Waals surface area contributed by atoms with Gasteiger partial charge >= 0.3 is 0 Å². The lowest BCUT2D eigenvalue weighted by Crippen LogP contribution is -2.32. The van der Waals surface area contributed by atoms with Gasteiger partial charge in [0.1, 0.15) is 22.1 Å². The first-order valence-electron chi connectivity index (χ1n) is 11.2. The number of ketones is 1. The fourth-order valence-electron chi connectivity index (χ4n) is 3.00. The molecule has 35 heavy (non-hydrogen) atoms. The molecule has 0 fully saturated rings. The van der Waals surface area contributed by atoms with Crippen molar-refractivity contribution in [3.05, 3.63) is 34.3 Å². The zero-order valence-electron chi connectivity index (χ0n) is 20.3. The molecule has 1 atom stereocenters. The Kier molecular flexibility index (Phi) is 11.1. The van der Waals surface area contributed by atoms with Crippen molar-refractivity contribution >= 4 is 46.3 Å². The molecule has 0 aliphatic heterocycles. The minimum absolute atomic E-state index is 0.149. The van der Waals surface area contributed by atoms with E-state index in [1.807, 2.05) is 6.92 Å². The normalized spacial score (nSPS) is 11.7. The molecule has 0 spiro atoms. The van der Waals surface area contributed by atoms with E-state index in [1.54, 1.807) is 45.0 Å². The molecule has 1 amide bonds. The highest BCUT2D eigenvalue weighted by Gasteiger charge is 2.27. The first-order chi connectivity index (χ1) is 16.8. The largest absolute Gasteiger partial charge is 0.492 e. The van der Waals surface area contributed by atoms with Gasteiger partial charge < -0.3 is 24.3 Å². The van der Waals surface area contributed by atoms with Crippen LogP contribution in [0.15, 0.2) is 34.5 Å². The number of carbonyl (C=O) groups is 2. The monoisotopic (exact) mass is 525 g/mol. The minimum atomic E-state index is -1.46. The van der Waals surface area contributed by atoms with E-state index < -0.39 is 17.7 Å². The van der Waals surface area contributed by atoms with Crippen LogP contribution in [0.25, 0.3) is 0 Å². The number of anilines is 1. The summed E-state index contributed by atoms with van der Waals surface area (Å²) in [5.74, 6) is 0.0474. The van der Waals surface area contributed by atoms with E-state index in [-0.39, 0.29) is 27.2 Å². The van der Waals surface area contributed by atoms with Crippen molar-refractivity contribution in [2.45, 2.75) is 40.7 Å². The number of halogens is 2. The zero-order chi connectivity index (χ0) is 26.0. The third-order valence-electron chi connectivity index (χ3n) is 4.45. The molecule has 190 valence electrons. The van der Waals surface area contributed by atoms with Crippen molar-refractivity contribution in [2.24, 2.45) is 10.2 Å². The van der Waals surface area contributed by atoms with Crippen molar-refractivity contribution in [1.29, 1.82) is 0 Å². The smallest absolute Gasteiger partial charge is 0.259 e. The molecule has 2 aromatic rings. The van der Waals surface area contributed by atoms with E-state index >= 15 is 0 Å². The lowest BCUT2D eigenvalue weighted by molar-refractivity contribution is -0.126. The maximum Gasteiger partial charge on any atom is 0.259 e. The highest BCUT2D eigenvalue weighted by molar-refractivity contribution is 6.34. The van der Waals surface area contributed by atoms with Crippen molar-refractivity contribution in [1.82, 2.24) is 0 Å². The lowest BCUT2D eigenvalue weighted by Gasteiger charge is -2.18. The van der Waals surface area contributed by atoms with Gasteiger partial charge in [-0.05, 0) is 58.9 Å². The summed E-state index contributed by atoms with van der Waals surface area (Å²) in [7, 11) is 0. The van der Waals surface area contributed by atoms with Crippen LogP contribution in [0.2, 0.25) is 10.0 Å². The molecule has 11 heteroatoms. The van der Waals surface area contributed by atoms with Gasteiger partial charge in [-0.15, -0.1) is 0 Å². The number of nitrogens with one attached hydrogen (secondary N) is 1. The maximum absolute atomic E-state index is 13.1. The molecule has 0 aliphatic carbocycles. The average Bonchev–Trinajstić information content (AvgIpc) is 2.81. The molecule has 9 nitrogen and oxygen atoms in total. The maximum atomic E-state index is 13.1. The predicted octanol–water partition coefficient (Wildman–Crippen LogP) is 6.27. The van der Waals surface area contributed by atoms with Crippen LogP contribution in [0.5, 0.6) is 23.0 Å². The summed E-state index contributed by atoms with van der Waals surface area (Å²) >= 11 is 12.7. The van der Waals surface area contributed by atoms with Crippen LogP contribution in [0.4, 0.5) is 11.4 Å². The molecular weight excluding hydrogens is 497 g/mol. The standard InChI is InChI=1S/C24H29Cl2N3O6/c1-6-32-17-12-10-15(25)22(34-8-3)21(17)27-24(31)20(14(5)30)29-28-16-11-13-18(33-7-2)23(19(16)26)35-9-4/h10-13,20H,6-9H2,1-5H3,(H,27,31). The fraction of sp³-hybridized carbons (Fsp3) is 0.417. The van der Waals surface area contributed by atoms with Crippen LogP contribution < -0.4 is 24.3 Å². The van der Waals surface area contributed by atoms with Gasteiger partial charge in [-0.25, -0.2) is 0 Å². The van der Waals surface area contributed by atoms with Crippen molar-refractivity contribution < 1.29 is 28.5 Å². The van der Waals surface area contributed by atoms with E-state index in [4.69, 9.17) is 42.1 Å². The van der Waals surface area contributed by atoms with E-state index in [0.717, 1.165) is 0 Å². The summed E-state index contributed by atoms with van der Waals surface area (Å²) in [5, 5.41) is 11.1. The third kappa shape index (κ3) is 7.22. The van der Waals surface area contributed by atoms with Gasteiger partial charge in [0.15, 0.2) is 23.0 Å². The van der Waals surface area contributed by atoms with Gasteiger partial charge in [-0.1, -0.05) is 23.2 Å². The van der Waals surface area contributed by atoms with Crippen LogP contribution >= 0.6 is 23.2 Å². The van der Waals surface area contributed by atoms with Gasteiger partial charge in [0.2, 0.25) is 6.04 Å². The predicted molar refractivity (Wildman–Crippen MR) is 135 cm³/mol. The van der Waals surface area contributed by atoms with Crippen LogP contribution in [-0.2, 0) is 9.59 Å². The number of azo groups is 1. The Morgan fingerprint density at radius 3 is 2.03 bits per heavy atom. The number of hydrogen-bond donors (Lipinski definition) is 1. The Morgan fingerprint density at radius 1 is 0.857 bits per heavy atom. The number of Topliss-reactive ketones (excluding diaryl/α,β-unsaturated/α-hetero) is 1. The van der Waals surface area contributed by atoms with Crippen molar-refractivity contribution in [3.63, 3.8) is 0 Å². The van der Waals surface area contributed by atoms with Gasteiger partial charge in [0.25, 0.3) is 5.91 Å². The Morgan fingerprint density at radius 2 is 1.43 bits per heavy atom. The second-order valence-electron chi connectivity index (χ2n) is 6.93. The lowest BCUT2D eigenvalue weighted by atomic mass is 10.2. The summed E-state index contributed by atoms with van der Waals surface area (Å²) in [6.07, 6.45) is 0. The van der Waals surface area contributed by atoms with Crippen LogP contribution in [0, 0.1) is 0 Å². The average molecular weight is 526 g/mol. The summed E-state index contributed by atoms with van der Waals surface area (Å²) < 4.78 is 22.3. The number of ether oxygens (including phenoxy) is 4. The molecular formula is C24H29Cl2N3O6. The fourth-order valence-corrected chi connectivity index (χ4v) is 3.46. The number of nitrogens with zero attached hydrogens (tertiary/aromatic N) is 2. The molecule has 0 aliphatic rings. The third-order valence-corrected chi connectivity index (χ3v) is 5.11. The number of hydrogen-bond acceptors (Lipinski definition) is 8. The molecule has 1 N–H and O–H groups in total. The highest BCUT2D eigenvalue weighted by Crippen LogP contribution is 2.43. The Balaban J connectivity index is 2.40. The quantitative estimate of drug-likeness (QED) is 0.244. The summed E-state index contributed by atoms with van der Waals surface area (Å²) in [6.45, 7) is 9.85. The van der Waals surface area contributed by atoms with Gasteiger partial charge in [0, 0.05) is 0 Å². The molecule has 0 saturated heterocycles. The van der Waals surface area contributed by atoms with Gasteiger partial charge in [-0.2, -0.15) is 10.2 Å². The van der Waals surface area contributed by atoms with Crippen LogP contribution in [-0.4, -0.2) is 44.2 Å². The summed E-state index contributed by atoms with van der Waals surface area (Å²) in [6, 6.07) is 4.93. The number of carbonyl (C=O) groups excluding carboxylic acids is 2. The van der Waals surface area contributed by atoms with Crippen molar-refractivity contribution in [2.75, 3.05) is 31.7 Å². The van der Waals surface area contributed by atoms with Crippen LogP contribution in [0.3, 0.4) is 0 Å². The topological polar surface area (TPSA) is 108 Å². The van der Waals surface area contributed by atoms with E-state index in [0.29, 0.717) is 43.7 Å². The molecule has 0 heterocycles. The first-order valence-corrected chi connectivity index (χ1v) is 11.9. The number of rotatable bonds is 13. The van der Waals surface area contributed by atoms with Crippen LogP contribution in [0.1, 0.15) is 34.6 Å². The molecule has 0 radical (unpaired) electrons. The summed E-state index contributed by atoms with van der Waals surface area (Å²) in [5.41, 5.74) is 0.413. The van der Waals surface area contributed by atoms with Crippen molar-refractivity contribution in [3.8, 4) is 23.0 Å². The molecule has 0 saturated carbocycles. The number of benzene rings is 2. The highest BCUT2D eigenvalue weighted by atomic mass is 35.5. The molecule has 1 unspecified atom stereocenters. The molecule has 0 bridgehead atoms. The second kappa shape index (κ2) is 13.7. The second-order valence-corrected chi connectivity index (χ2v) is 7.71. The van der Waals surface area contributed by atoms with Gasteiger partial charge in [-0.3, -0.25) is 9.59 Å². The molecule has 2 rings (SSSR count). The van der Waals surface area contributed by atoms with E-state index in [2.05, 4.69) is 15.5 Å². The van der Waals surface area contributed by atoms with E-state index in [1.165, 1.54) is 6.92 Å². The SMILES string of the molecule is CCOc1ccc(Cl)c(OCC)c1NC(=O)C(N=Nc1ccc(OCC)c(OCC)c1Cl)C(C)=O. The van der Waals surface area contributed by atoms with Gasteiger partial charge in [0.05, 0.1) is 31.5 Å².